The Balaban J connectivity index is 1.94. The van der Waals surface area contributed by atoms with E-state index < -0.39 is 0 Å². The number of benzene rings is 1. The summed E-state index contributed by atoms with van der Waals surface area (Å²) in [4.78, 5) is 2.36. The first-order chi connectivity index (χ1) is 6.86. The van der Waals surface area contributed by atoms with Gasteiger partial charge in [-0.2, -0.15) is 0 Å². The summed E-state index contributed by atoms with van der Waals surface area (Å²) < 4.78 is 0. The summed E-state index contributed by atoms with van der Waals surface area (Å²) in [5.41, 5.74) is 1.34. The van der Waals surface area contributed by atoms with Crippen molar-refractivity contribution in [3.63, 3.8) is 0 Å². The van der Waals surface area contributed by atoms with Crippen molar-refractivity contribution in [1.29, 1.82) is 0 Å². The fraction of sp³-hybridized carbons (Fsp3) is 0.500. The van der Waals surface area contributed by atoms with Crippen LogP contribution >= 0.6 is 0 Å². The van der Waals surface area contributed by atoms with E-state index in [9.17, 15) is 0 Å². The molecule has 1 unspecified atom stereocenters. The molecule has 2 rings (SSSR count). The molecule has 0 amide bonds. The Morgan fingerprint density at radius 2 is 1.93 bits per heavy atom. The molecule has 0 aromatic heterocycles. The lowest BCUT2D eigenvalue weighted by atomic mass is 10.2. The Bertz CT molecular complexity index is 276. The number of hydrogen-bond acceptors (Lipinski definition) is 2. The van der Waals surface area contributed by atoms with E-state index in [2.05, 4.69) is 36.1 Å². The van der Waals surface area contributed by atoms with Crippen molar-refractivity contribution in [2.75, 3.05) is 6.61 Å². The molecular formula is C12H17NO. The number of aliphatic hydroxyl groups excluding tert-OH is 1. The van der Waals surface area contributed by atoms with Crippen molar-refractivity contribution in [3.05, 3.63) is 35.9 Å². The van der Waals surface area contributed by atoms with Crippen LogP contribution in [0.5, 0.6) is 0 Å². The van der Waals surface area contributed by atoms with Gasteiger partial charge in [0.15, 0.2) is 0 Å². The molecule has 1 N–H and O–H groups in total. The average molecular weight is 191 g/mol. The zero-order valence-electron chi connectivity index (χ0n) is 8.56. The summed E-state index contributed by atoms with van der Waals surface area (Å²) in [6, 6.07) is 11.4. The maximum absolute atomic E-state index is 9.11. The van der Waals surface area contributed by atoms with Crippen LogP contribution in [0.3, 0.4) is 0 Å². The molecule has 0 radical (unpaired) electrons. The highest BCUT2D eigenvalue weighted by molar-refractivity contribution is 5.17. The van der Waals surface area contributed by atoms with Crippen molar-refractivity contribution in [3.8, 4) is 0 Å². The second-order valence-electron chi connectivity index (χ2n) is 3.88. The zero-order valence-corrected chi connectivity index (χ0v) is 8.56. The number of rotatable bonds is 4. The molecule has 14 heavy (non-hydrogen) atoms. The third kappa shape index (κ3) is 1.81. The molecule has 0 aliphatic carbocycles. The molecule has 2 heteroatoms. The molecule has 76 valence electrons. The minimum Gasteiger partial charge on any atom is -0.395 e. The lowest BCUT2D eigenvalue weighted by molar-refractivity contribution is 0.272. The molecular weight excluding hydrogens is 174 g/mol. The van der Waals surface area contributed by atoms with Gasteiger partial charge in [0.05, 0.1) is 6.61 Å². The van der Waals surface area contributed by atoms with Crippen molar-refractivity contribution in [2.24, 2.45) is 0 Å². The molecule has 1 aliphatic rings. The SMILES string of the molecule is CC[C@H]1[C@@H](CO)N1Cc1ccccc1. The lowest BCUT2D eigenvalue weighted by Crippen LogP contribution is -2.04. The predicted octanol–water partition coefficient (Wildman–Crippen LogP) is 1.64. The molecule has 1 aliphatic heterocycles. The van der Waals surface area contributed by atoms with Crippen LogP contribution in [0.2, 0.25) is 0 Å². The molecule has 3 atom stereocenters. The van der Waals surface area contributed by atoms with Crippen molar-refractivity contribution >= 4 is 0 Å². The van der Waals surface area contributed by atoms with Gasteiger partial charge in [-0.25, -0.2) is 0 Å². The van der Waals surface area contributed by atoms with Crippen LogP contribution in [-0.2, 0) is 6.54 Å². The lowest BCUT2D eigenvalue weighted by Gasteiger charge is -2.02. The maximum atomic E-state index is 9.11. The second-order valence-corrected chi connectivity index (χ2v) is 3.88. The van der Waals surface area contributed by atoms with E-state index in [0.717, 1.165) is 13.0 Å². The Labute approximate surface area is 85.2 Å². The van der Waals surface area contributed by atoms with Gasteiger partial charge < -0.3 is 5.11 Å². The summed E-state index contributed by atoms with van der Waals surface area (Å²) >= 11 is 0. The molecule has 1 aromatic carbocycles. The van der Waals surface area contributed by atoms with Crippen LogP contribution in [-0.4, -0.2) is 28.7 Å². The van der Waals surface area contributed by atoms with Gasteiger partial charge in [0, 0.05) is 18.6 Å². The zero-order chi connectivity index (χ0) is 9.97. The third-order valence-corrected chi connectivity index (χ3v) is 3.02. The van der Waals surface area contributed by atoms with E-state index in [1.54, 1.807) is 0 Å². The van der Waals surface area contributed by atoms with Gasteiger partial charge in [0.2, 0.25) is 0 Å². The number of hydrogen-bond donors (Lipinski definition) is 1. The molecule has 2 nitrogen and oxygen atoms in total. The van der Waals surface area contributed by atoms with Crippen LogP contribution in [0.15, 0.2) is 30.3 Å². The fourth-order valence-electron chi connectivity index (χ4n) is 2.15. The summed E-state index contributed by atoms with van der Waals surface area (Å²) in [5.74, 6) is 0. The normalized spacial score (nSPS) is 30.3. The van der Waals surface area contributed by atoms with Crippen molar-refractivity contribution in [1.82, 2.24) is 4.90 Å². The summed E-state index contributed by atoms with van der Waals surface area (Å²) in [7, 11) is 0. The van der Waals surface area contributed by atoms with E-state index in [4.69, 9.17) is 5.11 Å². The molecule has 0 saturated carbocycles. The molecule has 1 fully saturated rings. The summed E-state index contributed by atoms with van der Waals surface area (Å²) in [6.45, 7) is 3.45. The molecule has 1 saturated heterocycles. The summed E-state index contributed by atoms with van der Waals surface area (Å²) in [5, 5.41) is 9.11. The smallest absolute Gasteiger partial charge is 0.0602 e. The predicted molar refractivity (Wildman–Crippen MR) is 56.9 cm³/mol. The van der Waals surface area contributed by atoms with Gasteiger partial charge in [-0.1, -0.05) is 37.3 Å². The van der Waals surface area contributed by atoms with E-state index in [1.807, 2.05) is 6.07 Å². The topological polar surface area (TPSA) is 23.2 Å². The van der Waals surface area contributed by atoms with Gasteiger partial charge in [0.1, 0.15) is 0 Å². The highest BCUT2D eigenvalue weighted by Gasteiger charge is 2.44. The Hall–Kier alpha value is -0.860. The molecule has 1 heterocycles. The van der Waals surface area contributed by atoms with E-state index in [0.29, 0.717) is 18.7 Å². The van der Waals surface area contributed by atoms with E-state index in [1.165, 1.54) is 5.56 Å². The van der Waals surface area contributed by atoms with Gasteiger partial charge in [-0.05, 0) is 12.0 Å². The standard InChI is InChI=1S/C12H17NO/c1-2-11-12(9-14)13(11)8-10-6-4-3-5-7-10/h3-7,11-12,14H,2,8-9H2,1H3/t11-,12+,13?/m0/s1. The van der Waals surface area contributed by atoms with Crippen LogP contribution in [0.4, 0.5) is 0 Å². The van der Waals surface area contributed by atoms with Crippen molar-refractivity contribution in [2.45, 2.75) is 32.0 Å². The third-order valence-electron chi connectivity index (χ3n) is 3.02. The Morgan fingerprint density at radius 1 is 1.21 bits per heavy atom. The second kappa shape index (κ2) is 4.11. The van der Waals surface area contributed by atoms with E-state index in [-0.39, 0.29) is 0 Å². The Morgan fingerprint density at radius 3 is 2.43 bits per heavy atom. The van der Waals surface area contributed by atoms with Crippen LogP contribution in [0, 0.1) is 0 Å². The molecule has 0 bridgehead atoms. The quantitative estimate of drug-likeness (QED) is 0.731. The van der Waals surface area contributed by atoms with Crippen LogP contribution < -0.4 is 0 Å². The van der Waals surface area contributed by atoms with Gasteiger partial charge in [0.25, 0.3) is 0 Å². The van der Waals surface area contributed by atoms with Gasteiger partial charge in [-0.3, -0.25) is 4.90 Å². The minimum atomic E-state index is 0.297. The van der Waals surface area contributed by atoms with Crippen molar-refractivity contribution < 1.29 is 5.11 Å². The van der Waals surface area contributed by atoms with Crippen LogP contribution in [0.1, 0.15) is 18.9 Å². The van der Waals surface area contributed by atoms with Crippen LogP contribution in [0.25, 0.3) is 0 Å². The highest BCUT2D eigenvalue weighted by Crippen LogP contribution is 2.32. The first-order valence-electron chi connectivity index (χ1n) is 5.27. The first kappa shape index (κ1) is 9.69. The Kier molecular flexibility index (Phi) is 2.85. The van der Waals surface area contributed by atoms with E-state index >= 15 is 0 Å². The number of aliphatic hydroxyl groups is 1. The first-order valence-corrected chi connectivity index (χ1v) is 5.27. The fourth-order valence-corrected chi connectivity index (χ4v) is 2.15. The largest absolute Gasteiger partial charge is 0.395 e. The average Bonchev–Trinajstić information content (AvgIpc) is 2.91. The minimum absolute atomic E-state index is 0.297. The summed E-state index contributed by atoms with van der Waals surface area (Å²) in [6.07, 6.45) is 1.14. The van der Waals surface area contributed by atoms with Gasteiger partial charge >= 0.3 is 0 Å². The monoisotopic (exact) mass is 191 g/mol. The molecule has 1 aromatic rings. The highest BCUT2D eigenvalue weighted by atomic mass is 16.3. The van der Waals surface area contributed by atoms with Gasteiger partial charge in [-0.15, -0.1) is 0 Å². The molecule has 0 spiro atoms. The maximum Gasteiger partial charge on any atom is 0.0602 e. The number of nitrogens with zero attached hydrogens (tertiary/aromatic N) is 1.